The number of benzene rings is 1. The summed E-state index contributed by atoms with van der Waals surface area (Å²) < 4.78 is 16.7. The molecule has 4 heterocycles. The Hall–Kier alpha value is -3.14. The van der Waals surface area contributed by atoms with Gasteiger partial charge in [0.05, 0.1) is 44.0 Å². The number of ketones is 1. The molecule has 5 aliphatic rings. The average Bonchev–Trinajstić information content (AvgIpc) is 3.12. The molecule has 33 heavy (non-hydrogen) atoms. The first-order chi connectivity index (χ1) is 15.8. The molecule has 1 saturated carbocycles. The lowest BCUT2D eigenvalue weighted by molar-refractivity contribution is -0.188. The number of rotatable bonds is 5. The Labute approximate surface area is 189 Å². The van der Waals surface area contributed by atoms with Crippen LogP contribution in [0.15, 0.2) is 12.1 Å². The minimum absolute atomic E-state index is 0.0519. The summed E-state index contributed by atoms with van der Waals surface area (Å²) in [6.45, 7) is -0.0484. The fraction of sp³-hybridized carbons (Fsp3) is 0.565. The average molecular weight is 456 g/mol. The zero-order chi connectivity index (χ0) is 23.2. The van der Waals surface area contributed by atoms with Crippen LogP contribution in [0.4, 0.5) is 5.69 Å². The molecule has 0 aromatic heterocycles. The monoisotopic (exact) mass is 456 g/mol. The smallest absolute Gasteiger partial charge is 0.329 e. The molecule has 0 unspecified atom stereocenters. The van der Waals surface area contributed by atoms with E-state index in [-0.39, 0.29) is 18.2 Å². The maximum atomic E-state index is 13.4. The molecule has 10 nitrogen and oxygen atoms in total. The van der Waals surface area contributed by atoms with E-state index in [2.05, 4.69) is 0 Å². The van der Waals surface area contributed by atoms with Crippen LogP contribution in [0, 0.1) is 11.8 Å². The van der Waals surface area contributed by atoms with Gasteiger partial charge in [-0.05, 0) is 24.5 Å². The van der Waals surface area contributed by atoms with E-state index >= 15 is 0 Å². The molecule has 0 radical (unpaired) electrons. The van der Waals surface area contributed by atoms with E-state index in [1.807, 2.05) is 6.07 Å². The highest BCUT2D eigenvalue weighted by Gasteiger charge is 2.72. The van der Waals surface area contributed by atoms with Gasteiger partial charge in [-0.25, -0.2) is 4.79 Å². The quantitative estimate of drug-likeness (QED) is 0.638. The number of piperidine rings is 2. The zero-order valence-electron chi connectivity index (χ0n) is 18.3. The minimum atomic E-state index is -1.14. The summed E-state index contributed by atoms with van der Waals surface area (Å²) in [6.07, 6.45) is 0.434. The Morgan fingerprint density at radius 1 is 1.18 bits per heavy atom. The van der Waals surface area contributed by atoms with Crippen molar-refractivity contribution in [1.29, 1.82) is 0 Å². The number of nitrogens with zero attached hydrogens (tertiary/aromatic N) is 2. The van der Waals surface area contributed by atoms with Gasteiger partial charge in [0, 0.05) is 30.4 Å². The molecule has 4 aliphatic heterocycles. The van der Waals surface area contributed by atoms with Crippen LogP contribution >= 0.6 is 0 Å². The van der Waals surface area contributed by atoms with E-state index < -0.39 is 53.8 Å². The summed E-state index contributed by atoms with van der Waals surface area (Å²) in [6, 6.07) is 3.25. The number of ether oxygens (including phenoxy) is 3. The second-order valence-electron chi connectivity index (χ2n) is 9.51. The third kappa shape index (κ3) is 2.41. The number of carbonyl (C=O) groups excluding carboxylic acids is 3. The third-order valence-electron chi connectivity index (χ3n) is 8.37. The van der Waals surface area contributed by atoms with Crippen molar-refractivity contribution in [3.05, 3.63) is 17.7 Å². The predicted molar refractivity (Wildman–Crippen MR) is 111 cm³/mol. The molecular weight excluding hydrogens is 432 g/mol. The molecule has 1 aliphatic carbocycles. The highest BCUT2D eigenvalue weighted by atomic mass is 16.5. The molecule has 1 spiro atoms. The van der Waals surface area contributed by atoms with E-state index in [1.54, 1.807) is 23.0 Å². The summed E-state index contributed by atoms with van der Waals surface area (Å²) >= 11 is 0. The van der Waals surface area contributed by atoms with Gasteiger partial charge in [-0.15, -0.1) is 0 Å². The van der Waals surface area contributed by atoms with Gasteiger partial charge in [-0.2, -0.15) is 0 Å². The summed E-state index contributed by atoms with van der Waals surface area (Å²) in [5.41, 5.74) is 1.04. The highest BCUT2D eigenvalue weighted by molar-refractivity contribution is 6.38. The van der Waals surface area contributed by atoms with Crippen LogP contribution in [0.1, 0.15) is 30.7 Å². The molecule has 1 aromatic carbocycles. The predicted octanol–water partition coefficient (Wildman–Crippen LogP) is 0.566. The van der Waals surface area contributed by atoms with Gasteiger partial charge in [0.25, 0.3) is 5.91 Å². The molecule has 3 saturated heterocycles. The largest absolute Gasteiger partial charge is 0.493 e. The summed E-state index contributed by atoms with van der Waals surface area (Å²) in [5.74, 6) is -2.56. The first kappa shape index (κ1) is 20.5. The maximum absolute atomic E-state index is 13.4. The van der Waals surface area contributed by atoms with Crippen molar-refractivity contribution in [1.82, 2.24) is 4.90 Å². The van der Waals surface area contributed by atoms with Gasteiger partial charge in [0.2, 0.25) is 11.7 Å². The van der Waals surface area contributed by atoms with Gasteiger partial charge in [-0.3, -0.25) is 14.4 Å². The SMILES string of the molecule is COc1cc2c(cc1OC)N1C(=O)C[C@@H](OCC(=O)O)[C@@H]3[C@H]1[C@@H]2[C@@]12CCN1C(=O)C(=O)[C@H]3C2. The Morgan fingerprint density at radius 3 is 2.55 bits per heavy atom. The molecule has 174 valence electrons. The van der Waals surface area contributed by atoms with Gasteiger partial charge < -0.3 is 29.1 Å². The van der Waals surface area contributed by atoms with E-state index in [1.165, 1.54) is 7.11 Å². The number of anilines is 1. The molecular formula is C23H24N2O8. The van der Waals surface area contributed by atoms with Crippen molar-refractivity contribution >= 4 is 29.3 Å². The molecule has 4 fully saturated rings. The fourth-order valence-corrected chi connectivity index (χ4v) is 7.16. The maximum Gasteiger partial charge on any atom is 0.329 e. The van der Waals surface area contributed by atoms with Crippen LogP contribution in [0.2, 0.25) is 0 Å². The normalized spacial score (nSPS) is 35.5. The van der Waals surface area contributed by atoms with Crippen LogP contribution in [-0.2, 0) is 23.9 Å². The van der Waals surface area contributed by atoms with E-state index in [9.17, 15) is 19.2 Å². The first-order valence-corrected chi connectivity index (χ1v) is 11.1. The number of aliphatic carboxylic acids is 1. The van der Waals surface area contributed by atoms with E-state index in [4.69, 9.17) is 19.3 Å². The number of carboxylic acids is 1. The zero-order valence-corrected chi connectivity index (χ0v) is 18.3. The standard InChI is InChI=1S/C23H24N2O8/c1-31-13-5-10-12(6-14(13)32-2)25-16(26)7-15(33-9-17(27)28)18-11-8-23(19(10)20(18)25)3-4-24(23)22(30)21(11)29/h5-6,11,15,18-20H,3-4,7-9H2,1-2H3,(H,27,28)/t11-,15+,18+,19+,20-,23-/m0/s1. The van der Waals surface area contributed by atoms with Crippen molar-refractivity contribution in [3.63, 3.8) is 0 Å². The number of Topliss-reactive ketones (excluding diaryl/α,β-unsaturated/α-hetero) is 1. The minimum Gasteiger partial charge on any atom is -0.493 e. The van der Waals surface area contributed by atoms with Crippen LogP contribution in [0.3, 0.4) is 0 Å². The molecule has 6 rings (SSSR count). The van der Waals surface area contributed by atoms with Gasteiger partial charge in [0.15, 0.2) is 11.5 Å². The van der Waals surface area contributed by atoms with Crippen LogP contribution in [0.5, 0.6) is 11.5 Å². The number of amides is 2. The summed E-state index contributed by atoms with van der Waals surface area (Å²) in [5, 5.41) is 9.16. The van der Waals surface area contributed by atoms with Gasteiger partial charge in [0.1, 0.15) is 6.61 Å². The van der Waals surface area contributed by atoms with E-state index in [0.29, 0.717) is 30.2 Å². The number of hydrogen-bond acceptors (Lipinski definition) is 7. The molecule has 6 atom stereocenters. The van der Waals surface area contributed by atoms with E-state index in [0.717, 1.165) is 12.0 Å². The van der Waals surface area contributed by atoms with Crippen LogP contribution < -0.4 is 14.4 Å². The highest BCUT2D eigenvalue weighted by Crippen LogP contribution is 2.65. The second kappa shape index (κ2) is 6.69. The Morgan fingerprint density at radius 2 is 1.91 bits per heavy atom. The first-order valence-electron chi connectivity index (χ1n) is 11.1. The van der Waals surface area contributed by atoms with Crippen molar-refractivity contribution < 1.29 is 38.5 Å². The van der Waals surface area contributed by atoms with Crippen LogP contribution in [0.25, 0.3) is 0 Å². The molecule has 1 N–H and O–H groups in total. The molecule has 10 heteroatoms. The summed E-state index contributed by atoms with van der Waals surface area (Å²) in [4.78, 5) is 54.2. The Kier molecular flexibility index (Phi) is 4.15. The number of hydrogen-bond donors (Lipinski definition) is 1. The lowest BCUT2D eigenvalue weighted by Gasteiger charge is -2.66. The van der Waals surface area contributed by atoms with Crippen LogP contribution in [-0.4, -0.2) is 78.6 Å². The lowest BCUT2D eigenvalue weighted by atomic mass is 9.51. The van der Waals surface area contributed by atoms with Crippen molar-refractivity contribution in [2.45, 2.75) is 42.9 Å². The molecule has 2 bridgehead atoms. The Bertz CT molecular complexity index is 1120. The third-order valence-corrected chi connectivity index (χ3v) is 8.37. The topological polar surface area (TPSA) is 123 Å². The van der Waals surface area contributed by atoms with Gasteiger partial charge in [-0.1, -0.05) is 0 Å². The molecule has 2 amide bonds. The van der Waals surface area contributed by atoms with Crippen molar-refractivity contribution in [2.24, 2.45) is 11.8 Å². The Balaban J connectivity index is 1.55. The number of fused-ring (bicyclic) bond motifs is 5. The lowest BCUT2D eigenvalue weighted by Crippen LogP contribution is -2.78. The van der Waals surface area contributed by atoms with Crippen molar-refractivity contribution in [2.75, 3.05) is 32.3 Å². The number of carbonyl (C=O) groups is 4. The number of carboxylic acid groups (broad SMARTS) is 1. The van der Waals surface area contributed by atoms with Gasteiger partial charge >= 0.3 is 5.97 Å². The molecule has 1 aromatic rings. The summed E-state index contributed by atoms with van der Waals surface area (Å²) in [7, 11) is 3.07. The fourth-order valence-electron chi connectivity index (χ4n) is 7.16. The second-order valence-corrected chi connectivity index (χ2v) is 9.51. The number of methoxy groups -OCH3 is 2. The van der Waals surface area contributed by atoms with Crippen molar-refractivity contribution in [3.8, 4) is 11.5 Å².